The zero-order valence-electron chi connectivity index (χ0n) is 12.8. The van der Waals surface area contributed by atoms with Gasteiger partial charge >= 0.3 is 11.9 Å². The summed E-state index contributed by atoms with van der Waals surface area (Å²) < 4.78 is 5.12. The summed E-state index contributed by atoms with van der Waals surface area (Å²) in [4.78, 5) is 27.3. The molecule has 0 spiro atoms. The van der Waals surface area contributed by atoms with E-state index in [0.29, 0.717) is 0 Å². The minimum Gasteiger partial charge on any atom is -0.479 e. The number of hydrogen-bond donors (Lipinski definition) is 1. The Morgan fingerprint density at radius 2 is 1.70 bits per heavy atom. The van der Waals surface area contributed by atoms with Gasteiger partial charge in [0.1, 0.15) is 11.8 Å². The Morgan fingerprint density at radius 3 is 2.15 bits per heavy atom. The maximum atomic E-state index is 11.6. The number of carbonyl (C=O) groups is 2. The van der Waals surface area contributed by atoms with Gasteiger partial charge in [-0.25, -0.2) is 9.59 Å². The molecule has 1 N–H and O–H groups in total. The second-order valence-electron chi connectivity index (χ2n) is 6.58. The molecular formula is C15H25NO4. The highest BCUT2D eigenvalue weighted by Crippen LogP contribution is 2.35. The van der Waals surface area contributed by atoms with Crippen LogP contribution in [0.15, 0.2) is 4.99 Å². The average molecular weight is 283 g/mol. The lowest BCUT2D eigenvalue weighted by Gasteiger charge is -2.33. The van der Waals surface area contributed by atoms with Crippen LogP contribution in [0.1, 0.15) is 59.8 Å². The Morgan fingerprint density at radius 1 is 1.15 bits per heavy atom. The third-order valence-corrected chi connectivity index (χ3v) is 3.68. The molecule has 1 aliphatic carbocycles. The number of aliphatic imine (C=N–C) groups is 1. The van der Waals surface area contributed by atoms with Crippen LogP contribution in [-0.2, 0) is 14.3 Å². The Labute approximate surface area is 120 Å². The van der Waals surface area contributed by atoms with Gasteiger partial charge in [0, 0.05) is 0 Å². The second-order valence-corrected chi connectivity index (χ2v) is 6.58. The van der Waals surface area contributed by atoms with Crippen LogP contribution in [0.3, 0.4) is 0 Å². The largest absolute Gasteiger partial charge is 0.479 e. The van der Waals surface area contributed by atoms with Gasteiger partial charge in [0.05, 0.1) is 0 Å². The number of carbonyl (C=O) groups excluding carboxylic acids is 1. The van der Waals surface area contributed by atoms with E-state index in [4.69, 9.17) is 4.74 Å². The topological polar surface area (TPSA) is 76.0 Å². The first-order valence-electron chi connectivity index (χ1n) is 7.17. The molecule has 0 heterocycles. The molecule has 0 unspecified atom stereocenters. The number of hydrogen-bond acceptors (Lipinski definition) is 4. The van der Waals surface area contributed by atoms with Crippen molar-refractivity contribution in [3.63, 3.8) is 0 Å². The van der Waals surface area contributed by atoms with E-state index >= 15 is 0 Å². The van der Waals surface area contributed by atoms with Crippen molar-refractivity contribution in [2.75, 3.05) is 0 Å². The number of aliphatic carboxylic acids is 1. The van der Waals surface area contributed by atoms with Gasteiger partial charge in [-0.3, -0.25) is 4.99 Å². The molecule has 0 aromatic heterocycles. The van der Waals surface area contributed by atoms with Crippen molar-refractivity contribution in [1.29, 1.82) is 0 Å². The summed E-state index contributed by atoms with van der Waals surface area (Å²) in [6.45, 7) is 6.87. The van der Waals surface area contributed by atoms with E-state index in [1.165, 1.54) is 0 Å². The predicted molar refractivity (Wildman–Crippen MR) is 77.0 cm³/mol. The highest BCUT2D eigenvalue weighted by molar-refractivity contribution is 6.23. The van der Waals surface area contributed by atoms with E-state index in [2.05, 4.69) is 4.99 Å². The minimum absolute atomic E-state index is 0.0209. The molecule has 0 aliphatic heterocycles. The van der Waals surface area contributed by atoms with Crippen molar-refractivity contribution < 1.29 is 19.4 Å². The molecule has 1 aliphatic rings. The monoisotopic (exact) mass is 283 g/mol. The second kappa shape index (κ2) is 6.37. The molecule has 114 valence electrons. The summed E-state index contributed by atoms with van der Waals surface area (Å²) in [5.74, 6) is -1.60. The van der Waals surface area contributed by atoms with Gasteiger partial charge in [0.2, 0.25) is 0 Å². The van der Waals surface area contributed by atoms with Crippen LogP contribution < -0.4 is 0 Å². The number of carboxylic acid groups (broad SMARTS) is 1. The van der Waals surface area contributed by atoms with Crippen LogP contribution in [-0.4, -0.2) is 34.4 Å². The third-order valence-electron chi connectivity index (χ3n) is 3.68. The number of ether oxygens (including phenoxy) is 1. The van der Waals surface area contributed by atoms with Crippen molar-refractivity contribution in [3.05, 3.63) is 0 Å². The number of nitrogens with zero attached hydrogens (tertiary/aromatic N) is 1. The predicted octanol–water partition coefficient (Wildman–Crippen LogP) is 2.82. The van der Waals surface area contributed by atoms with Crippen molar-refractivity contribution in [1.82, 2.24) is 0 Å². The lowest BCUT2D eigenvalue weighted by Crippen LogP contribution is -2.42. The molecule has 5 heteroatoms. The quantitative estimate of drug-likeness (QED) is 0.636. The number of rotatable bonds is 4. The van der Waals surface area contributed by atoms with Gasteiger partial charge in [-0.05, 0) is 46.5 Å². The summed E-state index contributed by atoms with van der Waals surface area (Å²) >= 11 is 0. The van der Waals surface area contributed by atoms with Crippen molar-refractivity contribution in [2.24, 2.45) is 10.9 Å². The standard InChI is InChI=1S/C15H25NO4/c1-14(2,3)20-12(17)10-16-15(4,13(18)19)11-8-6-5-7-9-11/h10-11H,5-9H2,1-4H3,(H,18,19)/t15-/m1/s1. The molecule has 5 nitrogen and oxygen atoms in total. The number of esters is 1. The fraction of sp³-hybridized carbons (Fsp3) is 0.800. The van der Waals surface area contributed by atoms with Gasteiger partial charge in [0.25, 0.3) is 0 Å². The molecule has 1 saturated carbocycles. The summed E-state index contributed by atoms with van der Waals surface area (Å²) in [6, 6.07) is 0. The van der Waals surface area contributed by atoms with E-state index in [1.807, 2.05) is 0 Å². The van der Waals surface area contributed by atoms with E-state index in [1.54, 1.807) is 27.7 Å². The normalized spacial score (nSPS) is 20.6. The van der Waals surface area contributed by atoms with Crippen LogP contribution in [0.5, 0.6) is 0 Å². The molecule has 0 aromatic rings. The van der Waals surface area contributed by atoms with Crippen LogP contribution >= 0.6 is 0 Å². The first-order valence-corrected chi connectivity index (χ1v) is 7.17. The molecular weight excluding hydrogens is 258 g/mol. The molecule has 0 amide bonds. The van der Waals surface area contributed by atoms with Crippen molar-refractivity contribution in [2.45, 2.75) is 70.9 Å². The molecule has 0 bridgehead atoms. The van der Waals surface area contributed by atoms with Crippen molar-refractivity contribution in [3.8, 4) is 0 Å². The van der Waals surface area contributed by atoms with E-state index < -0.39 is 23.1 Å². The van der Waals surface area contributed by atoms with Crippen LogP contribution in [0.4, 0.5) is 0 Å². The van der Waals surface area contributed by atoms with Gasteiger partial charge in [-0.15, -0.1) is 0 Å². The average Bonchev–Trinajstić information content (AvgIpc) is 2.34. The van der Waals surface area contributed by atoms with E-state index in [0.717, 1.165) is 38.3 Å². The highest BCUT2D eigenvalue weighted by Gasteiger charge is 2.41. The lowest BCUT2D eigenvalue weighted by atomic mass is 9.76. The van der Waals surface area contributed by atoms with Crippen LogP contribution in [0, 0.1) is 5.92 Å². The van der Waals surface area contributed by atoms with Crippen molar-refractivity contribution >= 4 is 18.2 Å². The maximum Gasteiger partial charge on any atom is 0.349 e. The zero-order valence-corrected chi connectivity index (χ0v) is 12.8. The van der Waals surface area contributed by atoms with E-state index in [9.17, 15) is 14.7 Å². The van der Waals surface area contributed by atoms with Gasteiger partial charge in [0.15, 0.2) is 5.54 Å². The molecule has 20 heavy (non-hydrogen) atoms. The Hall–Kier alpha value is -1.39. The molecule has 0 saturated heterocycles. The summed E-state index contributed by atoms with van der Waals surface area (Å²) in [6.07, 6.45) is 5.89. The molecule has 1 fully saturated rings. The Kier molecular flexibility index (Phi) is 5.31. The Bertz CT molecular complexity index is 391. The number of carboxylic acids is 1. The highest BCUT2D eigenvalue weighted by atomic mass is 16.6. The zero-order chi connectivity index (χ0) is 15.4. The maximum absolute atomic E-state index is 11.6. The summed E-state index contributed by atoms with van der Waals surface area (Å²) in [5, 5.41) is 9.46. The van der Waals surface area contributed by atoms with Gasteiger partial charge in [-0.2, -0.15) is 0 Å². The van der Waals surface area contributed by atoms with Gasteiger partial charge in [-0.1, -0.05) is 19.3 Å². The molecule has 0 radical (unpaired) electrons. The molecule has 1 atom stereocenters. The fourth-order valence-electron chi connectivity index (χ4n) is 2.51. The van der Waals surface area contributed by atoms with E-state index in [-0.39, 0.29) is 5.92 Å². The van der Waals surface area contributed by atoms with Crippen LogP contribution in [0.2, 0.25) is 0 Å². The first kappa shape index (κ1) is 16.7. The molecule has 1 rings (SSSR count). The summed E-state index contributed by atoms with van der Waals surface area (Å²) in [7, 11) is 0. The SMILES string of the molecule is CC(C)(C)OC(=O)C=N[C@@](C)(C(=O)O)C1CCCCC1. The molecule has 0 aromatic carbocycles. The Balaban J connectivity index is 2.80. The van der Waals surface area contributed by atoms with Crippen LogP contribution in [0.25, 0.3) is 0 Å². The first-order chi connectivity index (χ1) is 9.15. The van der Waals surface area contributed by atoms with Gasteiger partial charge < -0.3 is 9.84 Å². The summed E-state index contributed by atoms with van der Waals surface area (Å²) in [5.41, 5.74) is -1.84. The smallest absolute Gasteiger partial charge is 0.349 e. The third kappa shape index (κ3) is 4.62. The fourth-order valence-corrected chi connectivity index (χ4v) is 2.51. The lowest BCUT2D eigenvalue weighted by molar-refractivity contribution is -0.145. The minimum atomic E-state index is -1.24.